The number of rotatable bonds is 0. The van der Waals surface area contributed by atoms with Crippen LogP contribution in [0.5, 0.6) is 5.75 Å². The molecule has 2 aliphatic rings. The van der Waals surface area contributed by atoms with Gasteiger partial charge in [-0.2, -0.15) is 0 Å². The van der Waals surface area contributed by atoms with E-state index in [1.54, 1.807) is 0 Å². The predicted octanol–water partition coefficient (Wildman–Crippen LogP) is 2.01. The summed E-state index contributed by atoms with van der Waals surface area (Å²) in [6.45, 7) is 2.03. The van der Waals surface area contributed by atoms with Crippen LogP contribution in [0.4, 0.5) is 0 Å². The maximum Gasteiger partial charge on any atom is 0.159 e. The van der Waals surface area contributed by atoms with Crippen LogP contribution in [0.3, 0.4) is 0 Å². The van der Waals surface area contributed by atoms with Gasteiger partial charge in [-0.15, -0.1) is 0 Å². The van der Waals surface area contributed by atoms with E-state index in [9.17, 15) is 5.11 Å². The van der Waals surface area contributed by atoms with Crippen LogP contribution in [-0.2, 0) is 4.74 Å². The first-order valence-electron chi connectivity index (χ1n) is 5.28. The lowest BCUT2D eigenvalue weighted by molar-refractivity contribution is -0.220. The van der Waals surface area contributed by atoms with Gasteiger partial charge in [0, 0.05) is 18.4 Å². The Morgan fingerprint density at radius 1 is 1.33 bits per heavy atom. The molecule has 2 aliphatic heterocycles. The van der Waals surface area contributed by atoms with Crippen LogP contribution in [0.25, 0.3) is 0 Å². The molecule has 3 nitrogen and oxygen atoms in total. The standard InChI is InChI=1S/C12H14O3/c1-12-6-10(14-11(13)7-12)8-4-2-3-5-9(8)15-12/h2-5,10-11,13H,6-7H2,1H3. The molecule has 0 aliphatic carbocycles. The molecule has 3 unspecified atom stereocenters. The number of aliphatic hydroxyl groups is 1. The number of hydrogen-bond acceptors (Lipinski definition) is 3. The molecule has 1 saturated heterocycles. The third-order valence-electron chi connectivity index (χ3n) is 3.17. The first-order chi connectivity index (χ1) is 7.16. The molecular formula is C12H14O3. The molecule has 2 heterocycles. The Hall–Kier alpha value is -1.06. The van der Waals surface area contributed by atoms with Gasteiger partial charge in [-0.05, 0) is 13.0 Å². The average molecular weight is 206 g/mol. The molecule has 1 N–H and O–H groups in total. The zero-order valence-corrected chi connectivity index (χ0v) is 8.64. The summed E-state index contributed by atoms with van der Waals surface area (Å²) in [5.41, 5.74) is 0.769. The Balaban J connectivity index is 2.06. The summed E-state index contributed by atoms with van der Waals surface area (Å²) in [5, 5.41) is 9.60. The molecule has 3 heteroatoms. The fraction of sp³-hybridized carbons (Fsp3) is 0.500. The SMILES string of the molecule is CC12CC(O)OC(C1)c1ccccc1O2. The Kier molecular flexibility index (Phi) is 1.82. The number of para-hydroxylation sites is 1. The van der Waals surface area contributed by atoms with Gasteiger partial charge in [0.05, 0.1) is 6.10 Å². The van der Waals surface area contributed by atoms with Crippen molar-refractivity contribution in [1.29, 1.82) is 0 Å². The van der Waals surface area contributed by atoms with Gasteiger partial charge in [0.15, 0.2) is 6.29 Å². The molecule has 1 aromatic rings. The van der Waals surface area contributed by atoms with Crippen LogP contribution in [0.2, 0.25) is 0 Å². The van der Waals surface area contributed by atoms with Crippen molar-refractivity contribution in [2.75, 3.05) is 0 Å². The number of benzene rings is 1. The lowest BCUT2D eigenvalue weighted by Gasteiger charge is -2.45. The van der Waals surface area contributed by atoms with Crippen molar-refractivity contribution < 1.29 is 14.6 Å². The lowest BCUT2D eigenvalue weighted by atomic mass is 9.85. The summed E-state index contributed by atoms with van der Waals surface area (Å²) in [6.07, 6.45) is 0.629. The summed E-state index contributed by atoms with van der Waals surface area (Å²) >= 11 is 0. The number of hydrogen-bond donors (Lipinski definition) is 1. The topological polar surface area (TPSA) is 38.7 Å². The van der Waals surface area contributed by atoms with Crippen LogP contribution in [0.1, 0.15) is 31.4 Å². The average Bonchev–Trinajstić information content (AvgIpc) is 2.15. The molecular weight excluding hydrogens is 192 g/mol. The van der Waals surface area contributed by atoms with Crippen molar-refractivity contribution in [3.63, 3.8) is 0 Å². The molecule has 3 rings (SSSR count). The zero-order chi connectivity index (χ0) is 10.5. The molecule has 2 bridgehead atoms. The van der Waals surface area contributed by atoms with Crippen molar-refractivity contribution in [3.8, 4) is 5.75 Å². The third kappa shape index (κ3) is 1.43. The van der Waals surface area contributed by atoms with E-state index in [1.807, 2.05) is 31.2 Å². The summed E-state index contributed by atoms with van der Waals surface area (Å²) < 4.78 is 11.4. The molecule has 15 heavy (non-hydrogen) atoms. The second-order valence-electron chi connectivity index (χ2n) is 4.58. The van der Waals surface area contributed by atoms with Crippen LogP contribution < -0.4 is 4.74 Å². The Morgan fingerprint density at radius 3 is 3.00 bits per heavy atom. The Morgan fingerprint density at radius 2 is 2.13 bits per heavy atom. The fourth-order valence-corrected chi connectivity index (χ4v) is 2.50. The number of fused-ring (bicyclic) bond motifs is 4. The second kappa shape index (κ2) is 2.97. The normalized spacial score (nSPS) is 38.0. The largest absolute Gasteiger partial charge is 0.487 e. The molecule has 3 atom stereocenters. The highest BCUT2D eigenvalue weighted by molar-refractivity contribution is 5.38. The quantitative estimate of drug-likeness (QED) is 0.705. The molecule has 0 radical (unpaired) electrons. The van der Waals surface area contributed by atoms with Gasteiger partial charge < -0.3 is 14.6 Å². The molecule has 1 fully saturated rings. The van der Waals surface area contributed by atoms with E-state index in [2.05, 4.69) is 0 Å². The molecule has 0 amide bonds. The van der Waals surface area contributed by atoms with Crippen molar-refractivity contribution in [2.45, 2.75) is 37.8 Å². The van der Waals surface area contributed by atoms with Gasteiger partial charge in [0.25, 0.3) is 0 Å². The smallest absolute Gasteiger partial charge is 0.159 e. The second-order valence-corrected chi connectivity index (χ2v) is 4.58. The number of aliphatic hydroxyl groups excluding tert-OH is 1. The Bertz CT molecular complexity index is 390. The highest BCUT2D eigenvalue weighted by atomic mass is 16.6. The molecule has 0 saturated carbocycles. The minimum atomic E-state index is -0.706. The summed E-state index contributed by atoms with van der Waals surface area (Å²) in [7, 11) is 0. The minimum Gasteiger partial charge on any atom is -0.487 e. The maximum atomic E-state index is 9.60. The highest BCUT2D eigenvalue weighted by Gasteiger charge is 2.44. The van der Waals surface area contributed by atoms with Gasteiger partial charge >= 0.3 is 0 Å². The minimum absolute atomic E-state index is 0.0244. The first kappa shape index (κ1) is 9.19. The lowest BCUT2D eigenvalue weighted by Crippen LogP contribution is -2.47. The summed E-state index contributed by atoms with van der Waals surface area (Å²) in [5.74, 6) is 0.892. The fourth-order valence-electron chi connectivity index (χ4n) is 2.50. The van der Waals surface area contributed by atoms with Crippen molar-refractivity contribution in [1.82, 2.24) is 0 Å². The molecule has 80 valence electrons. The predicted molar refractivity (Wildman–Crippen MR) is 54.5 cm³/mol. The van der Waals surface area contributed by atoms with E-state index in [4.69, 9.17) is 9.47 Å². The monoisotopic (exact) mass is 206 g/mol. The van der Waals surface area contributed by atoms with Gasteiger partial charge in [-0.1, -0.05) is 18.2 Å². The maximum absolute atomic E-state index is 9.60. The van der Waals surface area contributed by atoms with Gasteiger partial charge in [-0.25, -0.2) is 0 Å². The van der Waals surface area contributed by atoms with Gasteiger partial charge in [-0.3, -0.25) is 0 Å². The van der Waals surface area contributed by atoms with Crippen LogP contribution >= 0.6 is 0 Å². The van der Waals surface area contributed by atoms with E-state index in [-0.39, 0.29) is 11.7 Å². The summed E-state index contributed by atoms with van der Waals surface area (Å²) in [4.78, 5) is 0. The van der Waals surface area contributed by atoms with Gasteiger partial charge in [0.2, 0.25) is 0 Å². The van der Waals surface area contributed by atoms with Gasteiger partial charge in [0.1, 0.15) is 11.4 Å². The van der Waals surface area contributed by atoms with E-state index < -0.39 is 6.29 Å². The van der Waals surface area contributed by atoms with E-state index in [0.29, 0.717) is 6.42 Å². The number of ether oxygens (including phenoxy) is 2. The van der Waals surface area contributed by atoms with Crippen LogP contribution in [-0.4, -0.2) is 17.0 Å². The van der Waals surface area contributed by atoms with E-state index in [0.717, 1.165) is 17.7 Å². The van der Waals surface area contributed by atoms with Crippen molar-refractivity contribution in [3.05, 3.63) is 29.8 Å². The van der Waals surface area contributed by atoms with Crippen molar-refractivity contribution >= 4 is 0 Å². The molecule has 0 spiro atoms. The van der Waals surface area contributed by atoms with Crippen LogP contribution in [0, 0.1) is 0 Å². The van der Waals surface area contributed by atoms with Crippen LogP contribution in [0.15, 0.2) is 24.3 Å². The third-order valence-corrected chi connectivity index (χ3v) is 3.17. The van der Waals surface area contributed by atoms with Crippen molar-refractivity contribution in [2.24, 2.45) is 0 Å². The zero-order valence-electron chi connectivity index (χ0n) is 8.64. The first-order valence-corrected chi connectivity index (χ1v) is 5.28. The summed E-state index contributed by atoms with van der Waals surface area (Å²) in [6, 6.07) is 7.88. The Labute approximate surface area is 88.6 Å². The highest BCUT2D eigenvalue weighted by Crippen LogP contribution is 2.46. The van der Waals surface area contributed by atoms with E-state index in [1.165, 1.54) is 0 Å². The van der Waals surface area contributed by atoms with E-state index >= 15 is 0 Å². The molecule has 1 aromatic carbocycles. The molecule has 0 aromatic heterocycles.